The van der Waals surface area contributed by atoms with Gasteiger partial charge in [-0.15, -0.1) is 0 Å². The van der Waals surface area contributed by atoms with E-state index in [1.165, 1.54) is 0 Å². The maximum Gasteiger partial charge on any atom is 0.253 e. The molecule has 39 heavy (non-hydrogen) atoms. The highest BCUT2D eigenvalue weighted by atomic mass is 16.5. The van der Waals surface area contributed by atoms with Crippen molar-refractivity contribution in [1.29, 1.82) is 0 Å². The predicted octanol–water partition coefficient (Wildman–Crippen LogP) is 2.82. The zero-order valence-corrected chi connectivity index (χ0v) is 23.8. The summed E-state index contributed by atoms with van der Waals surface area (Å²) in [5, 5.41) is 3.52. The number of hydrogen-bond acceptors (Lipinski definition) is 7. The average molecular weight is 544 g/mol. The third-order valence-corrected chi connectivity index (χ3v) is 7.90. The number of nitrogens with one attached hydrogen (secondary N) is 1. The van der Waals surface area contributed by atoms with Crippen molar-refractivity contribution in [2.24, 2.45) is 11.8 Å². The van der Waals surface area contributed by atoms with Crippen LogP contribution < -0.4 is 5.32 Å². The summed E-state index contributed by atoms with van der Waals surface area (Å²) in [7, 11) is 3.32. The van der Waals surface area contributed by atoms with E-state index in [2.05, 4.69) is 24.1 Å². The third kappa shape index (κ3) is 8.03. The molecule has 2 aliphatic carbocycles. The molecule has 0 bridgehead atoms. The number of methoxy groups -OCH3 is 2. The molecule has 1 aromatic rings. The van der Waals surface area contributed by atoms with Gasteiger partial charge in [0, 0.05) is 71.3 Å². The van der Waals surface area contributed by atoms with E-state index < -0.39 is 0 Å². The molecule has 9 nitrogen and oxygen atoms in total. The summed E-state index contributed by atoms with van der Waals surface area (Å²) in [5.41, 5.74) is 0.629. The van der Waals surface area contributed by atoms with E-state index in [1.54, 1.807) is 20.5 Å². The van der Waals surface area contributed by atoms with Crippen LogP contribution in [0.1, 0.15) is 38.9 Å². The van der Waals surface area contributed by atoms with Crippen LogP contribution in [0.15, 0.2) is 46.6 Å². The lowest BCUT2D eigenvalue weighted by Gasteiger charge is -2.34. The lowest BCUT2D eigenvalue weighted by atomic mass is 9.93. The molecule has 1 N–H and O–H groups in total. The van der Waals surface area contributed by atoms with Gasteiger partial charge in [-0.25, -0.2) is 0 Å². The highest BCUT2D eigenvalue weighted by Crippen LogP contribution is 2.31. The van der Waals surface area contributed by atoms with Gasteiger partial charge in [0.2, 0.25) is 5.91 Å². The summed E-state index contributed by atoms with van der Waals surface area (Å²) in [6.45, 7) is 8.29. The highest BCUT2D eigenvalue weighted by molar-refractivity contribution is 5.96. The van der Waals surface area contributed by atoms with Gasteiger partial charge in [-0.1, -0.05) is 12.2 Å². The van der Waals surface area contributed by atoms with Crippen LogP contribution in [0.25, 0.3) is 0 Å². The Morgan fingerprint density at radius 3 is 2.51 bits per heavy atom. The fourth-order valence-corrected chi connectivity index (χ4v) is 5.47. The van der Waals surface area contributed by atoms with E-state index in [4.69, 9.17) is 18.6 Å². The lowest BCUT2D eigenvalue weighted by molar-refractivity contribution is -0.133. The van der Waals surface area contributed by atoms with Crippen LogP contribution in [-0.4, -0.2) is 99.5 Å². The second kappa shape index (κ2) is 14.3. The standard InChI is InChI=1S/C30H45N3O6/c1-21(2)32(30(35)22-8-11-27(37-4)28(15-22)39-14-6-12-36-3)19-23-17-31-18-24(23)20-33(25-9-10-25)29(34)16-26-7-5-13-38-26/h5,7-8,11,13,15,21,23-25,27-28,31H,6,9-10,12,14,16-20H2,1-4H3/t23-,24?,27?,28?/m0/s1. The monoisotopic (exact) mass is 543 g/mol. The zero-order chi connectivity index (χ0) is 27.8. The molecule has 2 amide bonds. The summed E-state index contributed by atoms with van der Waals surface area (Å²) in [5.74, 6) is 1.37. The molecular weight excluding hydrogens is 498 g/mol. The van der Waals surface area contributed by atoms with Crippen LogP contribution in [0.2, 0.25) is 0 Å². The quantitative estimate of drug-likeness (QED) is 0.340. The Morgan fingerprint density at radius 1 is 1.10 bits per heavy atom. The smallest absolute Gasteiger partial charge is 0.253 e. The first kappa shape index (κ1) is 29.5. The third-order valence-electron chi connectivity index (χ3n) is 7.90. The number of carbonyl (C=O) groups excluding carboxylic acids is 2. The highest BCUT2D eigenvalue weighted by Gasteiger charge is 2.39. The summed E-state index contributed by atoms with van der Waals surface area (Å²) >= 11 is 0. The number of nitrogens with zero attached hydrogens (tertiary/aromatic N) is 2. The minimum atomic E-state index is -0.321. The van der Waals surface area contributed by atoms with Crippen LogP contribution in [0.4, 0.5) is 0 Å². The number of amides is 2. The molecule has 4 atom stereocenters. The fraction of sp³-hybridized carbons (Fsp3) is 0.667. The Kier molecular flexibility index (Phi) is 10.8. The summed E-state index contributed by atoms with van der Waals surface area (Å²) < 4.78 is 22.1. The van der Waals surface area contributed by atoms with Gasteiger partial charge in [-0.05, 0) is 63.2 Å². The molecule has 2 fully saturated rings. The van der Waals surface area contributed by atoms with Gasteiger partial charge in [0.15, 0.2) is 0 Å². The Bertz CT molecular complexity index is 987. The van der Waals surface area contributed by atoms with Crippen molar-refractivity contribution in [2.75, 3.05) is 53.6 Å². The maximum atomic E-state index is 13.8. The van der Waals surface area contributed by atoms with E-state index >= 15 is 0 Å². The fourth-order valence-electron chi connectivity index (χ4n) is 5.47. The molecule has 1 saturated heterocycles. The number of furan rings is 1. The predicted molar refractivity (Wildman–Crippen MR) is 148 cm³/mol. The van der Waals surface area contributed by atoms with E-state index in [9.17, 15) is 9.59 Å². The van der Waals surface area contributed by atoms with Gasteiger partial charge >= 0.3 is 0 Å². The van der Waals surface area contributed by atoms with Crippen molar-refractivity contribution in [3.8, 4) is 0 Å². The number of carbonyl (C=O) groups is 2. The molecule has 216 valence electrons. The Labute approximate surface area is 232 Å². The van der Waals surface area contributed by atoms with Crippen molar-refractivity contribution in [3.63, 3.8) is 0 Å². The van der Waals surface area contributed by atoms with Crippen molar-refractivity contribution < 1.29 is 28.2 Å². The molecular formula is C30H45N3O6. The van der Waals surface area contributed by atoms with Gasteiger partial charge in [0.1, 0.15) is 18.0 Å². The first-order valence-electron chi connectivity index (χ1n) is 14.3. The van der Waals surface area contributed by atoms with Gasteiger partial charge < -0.3 is 33.7 Å². The molecule has 0 radical (unpaired) electrons. The van der Waals surface area contributed by atoms with E-state index in [1.807, 2.05) is 35.3 Å². The van der Waals surface area contributed by atoms with E-state index in [-0.39, 0.29) is 41.9 Å². The SMILES string of the molecule is COCCCOC1C=C(C(=O)N(C[C@@H]2CNCC2CN(C(=O)Cc2ccco2)C2CC2)C(C)C)C=CC1OC. The zero-order valence-electron chi connectivity index (χ0n) is 23.8. The van der Waals surface area contributed by atoms with Crippen LogP contribution in [0.3, 0.4) is 0 Å². The van der Waals surface area contributed by atoms with Gasteiger partial charge in [-0.2, -0.15) is 0 Å². The second-order valence-electron chi connectivity index (χ2n) is 11.1. The number of rotatable bonds is 15. The first-order valence-corrected chi connectivity index (χ1v) is 14.3. The van der Waals surface area contributed by atoms with Crippen molar-refractivity contribution in [3.05, 3.63) is 48.0 Å². The summed E-state index contributed by atoms with van der Waals surface area (Å²) in [6, 6.07) is 4.03. The van der Waals surface area contributed by atoms with Crippen LogP contribution in [0, 0.1) is 11.8 Å². The molecule has 1 aromatic heterocycles. The van der Waals surface area contributed by atoms with Gasteiger partial charge in [0.25, 0.3) is 5.91 Å². The van der Waals surface area contributed by atoms with Gasteiger partial charge in [-0.3, -0.25) is 9.59 Å². The Balaban J connectivity index is 1.40. The minimum absolute atomic E-state index is 0.000102. The van der Waals surface area contributed by atoms with Crippen molar-refractivity contribution in [2.45, 2.75) is 63.8 Å². The lowest BCUT2D eigenvalue weighted by Crippen LogP contribution is -2.46. The summed E-state index contributed by atoms with van der Waals surface area (Å²) in [4.78, 5) is 30.9. The largest absolute Gasteiger partial charge is 0.469 e. The molecule has 2 heterocycles. The molecule has 4 rings (SSSR count). The van der Waals surface area contributed by atoms with E-state index in [0.29, 0.717) is 50.1 Å². The molecule has 1 aliphatic heterocycles. The summed E-state index contributed by atoms with van der Waals surface area (Å²) in [6.07, 6.45) is 9.91. The number of ether oxygens (including phenoxy) is 3. The van der Waals surface area contributed by atoms with Crippen LogP contribution >= 0.6 is 0 Å². The maximum absolute atomic E-state index is 13.8. The molecule has 3 unspecified atom stereocenters. The molecule has 0 aromatic carbocycles. The molecule has 3 aliphatic rings. The molecule has 9 heteroatoms. The average Bonchev–Trinajstić information content (AvgIpc) is 3.45. The van der Waals surface area contributed by atoms with Gasteiger partial charge in [0.05, 0.1) is 12.7 Å². The Hall–Kier alpha value is -2.46. The second-order valence-corrected chi connectivity index (χ2v) is 11.1. The normalized spacial score (nSPS) is 24.7. The van der Waals surface area contributed by atoms with Crippen molar-refractivity contribution in [1.82, 2.24) is 15.1 Å². The van der Waals surface area contributed by atoms with Crippen molar-refractivity contribution >= 4 is 11.8 Å². The van der Waals surface area contributed by atoms with Crippen LogP contribution in [0.5, 0.6) is 0 Å². The molecule has 1 saturated carbocycles. The minimum Gasteiger partial charge on any atom is -0.469 e. The number of hydrogen-bond donors (Lipinski definition) is 1. The Morgan fingerprint density at radius 2 is 1.87 bits per heavy atom. The van der Waals surface area contributed by atoms with E-state index in [0.717, 1.165) is 32.4 Å². The van der Waals surface area contributed by atoms with Crippen LogP contribution in [-0.2, 0) is 30.2 Å². The topological polar surface area (TPSA) is 93.5 Å². The molecule has 0 spiro atoms. The first-order chi connectivity index (χ1) is 18.9.